The third kappa shape index (κ3) is 2.50. The highest BCUT2D eigenvalue weighted by atomic mass is 16.5. The fourth-order valence-corrected chi connectivity index (χ4v) is 3.83. The summed E-state index contributed by atoms with van der Waals surface area (Å²) in [6.45, 7) is 1.98. The van der Waals surface area contributed by atoms with Gasteiger partial charge in [0.1, 0.15) is 11.8 Å². The third-order valence-corrected chi connectivity index (χ3v) is 5.21. The smallest absolute Gasteiger partial charge is 0.253 e. The van der Waals surface area contributed by atoms with Gasteiger partial charge in [-0.1, -0.05) is 29.8 Å². The Bertz CT molecular complexity index is 848. The van der Waals surface area contributed by atoms with Crippen LogP contribution in [0.25, 0.3) is 0 Å². The molecule has 3 atom stereocenters. The Morgan fingerprint density at radius 1 is 0.962 bits per heavy atom. The first-order valence-corrected chi connectivity index (χ1v) is 8.58. The van der Waals surface area contributed by atoms with Crippen molar-refractivity contribution in [2.45, 2.75) is 19.0 Å². The van der Waals surface area contributed by atoms with E-state index in [0.29, 0.717) is 5.69 Å². The Hall–Kier alpha value is -2.70. The molecular formula is C20H21N3O3. The van der Waals surface area contributed by atoms with Gasteiger partial charge in [0, 0.05) is 7.05 Å². The number of hydrogen-bond acceptors (Lipinski definition) is 5. The monoisotopic (exact) mass is 351 g/mol. The Balaban J connectivity index is 1.69. The van der Waals surface area contributed by atoms with Crippen molar-refractivity contribution < 1.29 is 14.3 Å². The van der Waals surface area contributed by atoms with Crippen LogP contribution < -0.4 is 15.1 Å². The van der Waals surface area contributed by atoms with Crippen LogP contribution in [0.4, 0.5) is 5.69 Å². The topological polar surface area (TPSA) is 61.9 Å². The zero-order chi connectivity index (χ0) is 18.4. The highest BCUT2D eigenvalue weighted by Crippen LogP contribution is 2.41. The van der Waals surface area contributed by atoms with E-state index < -0.39 is 12.0 Å². The van der Waals surface area contributed by atoms with Gasteiger partial charge in [-0.2, -0.15) is 0 Å². The second kappa shape index (κ2) is 6.23. The SMILES string of the molecule is COc1ccc([C@H]2NN(C)[C@@H]3C(=O)N(c4ccc(C)cc4)C(=O)[C@@H]23)cc1. The minimum absolute atomic E-state index is 0.165. The summed E-state index contributed by atoms with van der Waals surface area (Å²) in [7, 11) is 3.43. The molecule has 0 radical (unpaired) electrons. The summed E-state index contributed by atoms with van der Waals surface area (Å²) >= 11 is 0. The number of benzene rings is 2. The van der Waals surface area contributed by atoms with E-state index in [2.05, 4.69) is 5.43 Å². The fraction of sp³-hybridized carbons (Fsp3) is 0.300. The van der Waals surface area contributed by atoms with Crippen molar-refractivity contribution >= 4 is 17.5 Å². The van der Waals surface area contributed by atoms with Crippen molar-refractivity contribution in [1.29, 1.82) is 0 Å². The lowest BCUT2D eigenvalue weighted by Crippen LogP contribution is -2.43. The van der Waals surface area contributed by atoms with Crippen LogP contribution in [0.15, 0.2) is 48.5 Å². The number of anilines is 1. The zero-order valence-corrected chi connectivity index (χ0v) is 15.0. The standard InChI is InChI=1S/C20H21N3O3/c1-12-4-8-14(9-5-12)23-19(24)16-17(21-22(2)18(16)20(23)25)13-6-10-15(26-3)11-7-13/h4-11,16-18,21H,1-3H3/t16-,17+,18-/m0/s1. The van der Waals surface area contributed by atoms with Crippen LogP contribution in [0.1, 0.15) is 17.2 Å². The number of aryl methyl sites for hydroxylation is 1. The van der Waals surface area contributed by atoms with Gasteiger partial charge in [-0.15, -0.1) is 0 Å². The van der Waals surface area contributed by atoms with Gasteiger partial charge in [-0.25, -0.2) is 15.3 Å². The third-order valence-electron chi connectivity index (χ3n) is 5.21. The molecular weight excluding hydrogens is 330 g/mol. The van der Waals surface area contributed by atoms with Crippen molar-refractivity contribution in [2.24, 2.45) is 5.92 Å². The largest absolute Gasteiger partial charge is 0.497 e. The molecule has 2 aliphatic heterocycles. The number of carbonyl (C=O) groups is 2. The van der Waals surface area contributed by atoms with Gasteiger partial charge >= 0.3 is 0 Å². The molecule has 4 rings (SSSR count). The molecule has 0 saturated carbocycles. The Morgan fingerprint density at radius 3 is 2.23 bits per heavy atom. The number of carbonyl (C=O) groups excluding carboxylic acids is 2. The molecule has 0 unspecified atom stereocenters. The van der Waals surface area contributed by atoms with Gasteiger partial charge in [-0.05, 0) is 36.8 Å². The summed E-state index contributed by atoms with van der Waals surface area (Å²) in [6, 6.07) is 14.3. The Kier molecular flexibility index (Phi) is 4.01. The molecule has 2 saturated heterocycles. The van der Waals surface area contributed by atoms with Crippen LogP contribution in [0, 0.1) is 12.8 Å². The lowest BCUT2D eigenvalue weighted by molar-refractivity contribution is -0.123. The van der Waals surface area contributed by atoms with Crippen molar-refractivity contribution in [3.63, 3.8) is 0 Å². The van der Waals surface area contributed by atoms with E-state index in [1.54, 1.807) is 12.1 Å². The van der Waals surface area contributed by atoms with Crippen molar-refractivity contribution in [2.75, 3.05) is 19.1 Å². The number of nitrogens with one attached hydrogen (secondary N) is 1. The van der Waals surface area contributed by atoms with Crippen LogP contribution in [-0.2, 0) is 9.59 Å². The summed E-state index contributed by atoms with van der Waals surface area (Å²) < 4.78 is 5.20. The molecule has 6 heteroatoms. The van der Waals surface area contributed by atoms with Crippen LogP contribution in [0.5, 0.6) is 5.75 Å². The van der Waals surface area contributed by atoms with Gasteiger partial charge in [0.2, 0.25) is 5.91 Å². The van der Waals surface area contributed by atoms with Gasteiger partial charge in [0.05, 0.1) is 24.8 Å². The molecule has 0 spiro atoms. The summed E-state index contributed by atoms with van der Waals surface area (Å²) in [6.07, 6.45) is 0. The maximum Gasteiger partial charge on any atom is 0.253 e. The number of amides is 2. The normalized spacial score (nSPS) is 25.7. The maximum atomic E-state index is 13.1. The highest BCUT2D eigenvalue weighted by molar-refractivity contribution is 6.24. The number of methoxy groups -OCH3 is 1. The van der Waals surface area contributed by atoms with Crippen LogP contribution in [-0.4, -0.2) is 37.0 Å². The van der Waals surface area contributed by atoms with Gasteiger partial charge in [0.25, 0.3) is 5.91 Å². The lowest BCUT2D eigenvalue weighted by Gasteiger charge is -2.22. The molecule has 1 N–H and O–H groups in total. The second-order valence-corrected chi connectivity index (χ2v) is 6.81. The molecule has 2 aliphatic rings. The van der Waals surface area contributed by atoms with E-state index in [-0.39, 0.29) is 17.9 Å². The van der Waals surface area contributed by atoms with Crippen LogP contribution in [0.3, 0.4) is 0 Å². The first-order valence-electron chi connectivity index (χ1n) is 8.58. The molecule has 0 aromatic heterocycles. The molecule has 0 aliphatic carbocycles. The maximum absolute atomic E-state index is 13.1. The summed E-state index contributed by atoms with van der Waals surface area (Å²) in [5, 5.41) is 1.76. The highest BCUT2D eigenvalue weighted by Gasteiger charge is 2.57. The van der Waals surface area contributed by atoms with Crippen molar-refractivity contribution in [3.8, 4) is 5.75 Å². The summed E-state index contributed by atoms with van der Waals surface area (Å²) in [5.74, 6) is -0.0506. The average Bonchev–Trinajstić information content (AvgIpc) is 3.12. The van der Waals surface area contributed by atoms with Gasteiger partial charge < -0.3 is 4.74 Å². The van der Waals surface area contributed by atoms with Crippen molar-refractivity contribution in [1.82, 2.24) is 10.4 Å². The van der Waals surface area contributed by atoms with Crippen LogP contribution >= 0.6 is 0 Å². The minimum atomic E-state index is -0.504. The molecule has 0 bridgehead atoms. The first kappa shape index (κ1) is 16.8. The zero-order valence-electron chi connectivity index (χ0n) is 15.0. The molecule has 134 valence electrons. The van der Waals surface area contributed by atoms with Gasteiger partial charge in [0.15, 0.2) is 0 Å². The first-order chi connectivity index (χ1) is 12.5. The number of rotatable bonds is 3. The minimum Gasteiger partial charge on any atom is -0.497 e. The lowest BCUT2D eigenvalue weighted by atomic mass is 9.91. The molecule has 26 heavy (non-hydrogen) atoms. The molecule has 2 heterocycles. The van der Waals surface area contributed by atoms with E-state index in [4.69, 9.17) is 4.74 Å². The van der Waals surface area contributed by atoms with E-state index >= 15 is 0 Å². The molecule has 2 aromatic carbocycles. The predicted molar refractivity (Wildman–Crippen MR) is 97.6 cm³/mol. The Labute approximate surface area is 152 Å². The number of likely N-dealkylation sites (N-methyl/N-ethyl adjacent to an activating group) is 1. The molecule has 2 fully saturated rings. The van der Waals surface area contributed by atoms with E-state index in [0.717, 1.165) is 16.9 Å². The summed E-state index contributed by atoms with van der Waals surface area (Å²) in [4.78, 5) is 27.4. The second-order valence-electron chi connectivity index (χ2n) is 6.81. The van der Waals surface area contributed by atoms with E-state index in [1.807, 2.05) is 62.5 Å². The van der Waals surface area contributed by atoms with Crippen molar-refractivity contribution in [3.05, 3.63) is 59.7 Å². The number of hydrogen-bond donors (Lipinski definition) is 1. The van der Waals surface area contributed by atoms with Gasteiger partial charge in [-0.3, -0.25) is 9.59 Å². The summed E-state index contributed by atoms with van der Waals surface area (Å²) in [5.41, 5.74) is 5.94. The average molecular weight is 351 g/mol. The van der Waals surface area contributed by atoms with E-state index in [9.17, 15) is 9.59 Å². The molecule has 2 aromatic rings. The fourth-order valence-electron chi connectivity index (χ4n) is 3.83. The number of imide groups is 1. The quantitative estimate of drug-likeness (QED) is 0.858. The predicted octanol–water partition coefficient (Wildman–Crippen LogP) is 2.05. The van der Waals surface area contributed by atoms with Crippen LogP contribution in [0.2, 0.25) is 0 Å². The van der Waals surface area contributed by atoms with E-state index in [1.165, 1.54) is 4.90 Å². The number of ether oxygens (including phenoxy) is 1. The number of fused-ring (bicyclic) bond motifs is 1. The number of hydrazine groups is 1. The Morgan fingerprint density at radius 2 is 1.62 bits per heavy atom. The molecule has 2 amide bonds. The number of nitrogens with zero attached hydrogens (tertiary/aromatic N) is 2. The molecule has 6 nitrogen and oxygen atoms in total.